The van der Waals surface area contributed by atoms with Gasteiger partial charge in [0.25, 0.3) is 0 Å². The molecule has 0 unspecified atom stereocenters. The molecule has 0 atom stereocenters. The van der Waals surface area contributed by atoms with Gasteiger partial charge in [-0.15, -0.1) is 0 Å². The fourth-order valence-corrected chi connectivity index (χ4v) is 2.33. The fraction of sp³-hybridized carbons (Fsp3) is 0.375. The van der Waals surface area contributed by atoms with Crippen LogP contribution in [0.2, 0.25) is 0 Å². The first-order valence-corrected chi connectivity index (χ1v) is 7.52. The molecule has 1 amide bonds. The Kier molecular flexibility index (Phi) is 5.58. The number of carbonyl (C=O) groups is 1. The van der Waals surface area contributed by atoms with Crippen molar-refractivity contribution in [3.63, 3.8) is 0 Å². The molecule has 2 rings (SSSR count). The standard InChI is InChI=1S/C16H17F4N3O/c1-3-9(4-2)16(24)22-10-6-21-23(7-10)8-11-12(17)5-13(18)15(20)14(11)19/h5-7,9H,3-4,8H2,1-2H3,(H,22,24). The zero-order valence-electron chi connectivity index (χ0n) is 13.2. The largest absolute Gasteiger partial charge is 0.323 e. The molecule has 24 heavy (non-hydrogen) atoms. The van der Waals surface area contributed by atoms with Crippen LogP contribution in [-0.4, -0.2) is 15.7 Å². The molecule has 0 spiro atoms. The number of amides is 1. The molecule has 0 fully saturated rings. The molecular formula is C16H17F4N3O. The van der Waals surface area contributed by atoms with E-state index in [-0.39, 0.29) is 17.9 Å². The molecule has 130 valence electrons. The van der Waals surface area contributed by atoms with Crippen molar-refractivity contribution in [3.05, 3.63) is 47.3 Å². The van der Waals surface area contributed by atoms with E-state index in [1.807, 2.05) is 13.8 Å². The van der Waals surface area contributed by atoms with Gasteiger partial charge in [-0.2, -0.15) is 5.10 Å². The lowest BCUT2D eigenvalue weighted by Gasteiger charge is -2.11. The fourth-order valence-electron chi connectivity index (χ4n) is 2.33. The van der Waals surface area contributed by atoms with Gasteiger partial charge in [-0.1, -0.05) is 13.8 Å². The van der Waals surface area contributed by atoms with E-state index in [9.17, 15) is 22.4 Å². The molecule has 0 bridgehead atoms. The van der Waals surface area contributed by atoms with Crippen molar-refractivity contribution in [1.82, 2.24) is 9.78 Å². The summed E-state index contributed by atoms with van der Waals surface area (Å²) < 4.78 is 54.6. The second-order valence-corrected chi connectivity index (χ2v) is 5.38. The number of hydrogen-bond donors (Lipinski definition) is 1. The van der Waals surface area contributed by atoms with Crippen LogP contribution in [0.5, 0.6) is 0 Å². The summed E-state index contributed by atoms with van der Waals surface area (Å²) >= 11 is 0. The smallest absolute Gasteiger partial charge is 0.227 e. The zero-order chi connectivity index (χ0) is 17.9. The minimum atomic E-state index is -1.74. The molecule has 0 saturated heterocycles. The molecule has 0 aliphatic heterocycles. The van der Waals surface area contributed by atoms with Crippen LogP contribution < -0.4 is 5.32 Å². The first-order valence-electron chi connectivity index (χ1n) is 7.52. The Balaban J connectivity index is 2.15. The molecule has 0 aliphatic carbocycles. The van der Waals surface area contributed by atoms with Crippen molar-refractivity contribution in [2.24, 2.45) is 5.92 Å². The van der Waals surface area contributed by atoms with Gasteiger partial charge >= 0.3 is 0 Å². The average Bonchev–Trinajstić information content (AvgIpc) is 2.98. The van der Waals surface area contributed by atoms with Crippen molar-refractivity contribution in [2.75, 3.05) is 5.32 Å². The third-order valence-corrected chi connectivity index (χ3v) is 3.79. The van der Waals surface area contributed by atoms with Crippen molar-refractivity contribution in [2.45, 2.75) is 33.2 Å². The van der Waals surface area contributed by atoms with E-state index in [4.69, 9.17) is 0 Å². The van der Waals surface area contributed by atoms with E-state index >= 15 is 0 Å². The highest BCUT2D eigenvalue weighted by molar-refractivity contribution is 5.92. The monoisotopic (exact) mass is 343 g/mol. The molecule has 1 heterocycles. The Bertz CT molecular complexity index is 741. The summed E-state index contributed by atoms with van der Waals surface area (Å²) in [7, 11) is 0. The van der Waals surface area contributed by atoms with Gasteiger partial charge in [-0.3, -0.25) is 9.48 Å². The summed E-state index contributed by atoms with van der Waals surface area (Å²) in [5.74, 6) is -6.44. The van der Waals surface area contributed by atoms with Crippen molar-refractivity contribution in [1.29, 1.82) is 0 Å². The summed E-state index contributed by atoms with van der Waals surface area (Å²) in [6.45, 7) is 3.35. The van der Waals surface area contributed by atoms with Gasteiger partial charge in [0.05, 0.1) is 18.4 Å². The number of rotatable bonds is 6. The molecule has 1 aromatic heterocycles. The van der Waals surface area contributed by atoms with Gasteiger partial charge in [0.15, 0.2) is 17.5 Å². The number of halogens is 4. The van der Waals surface area contributed by atoms with E-state index in [0.29, 0.717) is 18.5 Å². The van der Waals surface area contributed by atoms with Crippen molar-refractivity contribution in [3.8, 4) is 0 Å². The number of aromatic nitrogens is 2. The van der Waals surface area contributed by atoms with Gasteiger partial charge in [-0.25, -0.2) is 17.6 Å². The molecule has 0 saturated carbocycles. The number of hydrogen-bond acceptors (Lipinski definition) is 2. The highest BCUT2D eigenvalue weighted by Crippen LogP contribution is 2.20. The Hall–Kier alpha value is -2.38. The first-order chi connectivity index (χ1) is 11.4. The summed E-state index contributed by atoms with van der Waals surface area (Å²) in [5, 5.41) is 6.52. The predicted molar refractivity (Wildman–Crippen MR) is 80.3 cm³/mol. The average molecular weight is 343 g/mol. The van der Waals surface area contributed by atoms with E-state index < -0.39 is 35.4 Å². The maximum absolute atomic E-state index is 13.7. The zero-order valence-corrected chi connectivity index (χ0v) is 13.2. The highest BCUT2D eigenvalue weighted by atomic mass is 19.2. The Morgan fingerprint density at radius 1 is 1.17 bits per heavy atom. The molecule has 0 radical (unpaired) electrons. The van der Waals surface area contributed by atoms with Gasteiger partial charge in [-0.05, 0) is 12.8 Å². The lowest BCUT2D eigenvalue weighted by Crippen LogP contribution is -2.21. The molecule has 1 aromatic carbocycles. The maximum atomic E-state index is 13.7. The lowest BCUT2D eigenvalue weighted by atomic mass is 10.0. The van der Waals surface area contributed by atoms with Crippen LogP contribution >= 0.6 is 0 Å². The Morgan fingerprint density at radius 3 is 2.46 bits per heavy atom. The quantitative estimate of drug-likeness (QED) is 0.492. The molecule has 1 N–H and O–H groups in total. The number of benzene rings is 1. The van der Waals surface area contributed by atoms with E-state index in [1.165, 1.54) is 12.4 Å². The summed E-state index contributed by atoms with van der Waals surface area (Å²) in [6.07, 6.45) is 4.04. The third-order valence-electron chi connectivity index (χ3n) is 3.79. The number of anilines is 1. The second-order valence-electron chi connectivity index (χ2n) is 5.38. The predicted octanol–water partition coefficient (Wildman–Crippen LogP) is 3.86. The molecule has 8 heteroatoms. The molecule has 0 aliphatic rings. The van der Waals surface area contributed by atoms with E-state index in [2.05, 4.69) is 10.4 Å². The molecular weight excluding hydrogens is 326 g/mol. The topological polar surface area (TPSA) is 46.9 Å². The van der Waals surface area contributed by atoms with Crippen LogP contribution in [-0.2, 0) is 11.3 Å². The van der Waals surface area contributed by atoms with Crippen LogP contribution in [0.1, 0.15) is 32.3 Å². The summed E-state index contributed by atoms with van der Waals surface area (Å²) in [4.78, 5) is 12.0. The third kappa shape index (κ3) is 3.74. The second kappa shape index (κ2) is 7.46. The van der Waals surface area contributed by atoms with Crippen LogP contribution in [0.3, 0.4) is 0 Å². The summed E-state index contributed by atoms with van der Waals surface area (Å²) in [6, 6.07) is 0.285. The molecule has 2 aromatic rings. The minimum Gasteiger partial charge on any atom is -0.323 e. The minimum absolute atomic E-state index is 0.144. The van der Waals surface area contributed by atoms with E-state index in [0.717, 1.165) is 4.68 Å². The molecule has 4 nitrogen and oxygen atoms in total. The number of carbonyl (C=O) groups excluding carboxylic acids is 1. The lowest BCUT2D eigenvalue weighted by molar-refractivity contribution is -0.120. The van der Waals surface area contributed by atoms with Gasteiger partial charge in [0.2, 0.25) is 5.91 Å². The number of nitrogens with one attached hydrogen (secondary N) is 1. The van der Waals surface area contributed by atoms with E-state index in [1.54, 1.807) is 0 Å². The first kappa shape index (κ1) is 18.0. The highest BCUT2D eigenvalue weighted by Gasteiger charge is 2.20. The Morgan fingerprint density at radius 2 is 1.83 bits per heavy atom. The van der Waals surface area contributed by atoms with Gasteiger partial charge in [0, 0.05) is 23.7 Å². The normalized spacial score (nSPS) is 11.1. The van der Waals surface area contributed by atoms with Crippen LogP contribution in [0, 0.1) is 29.2 Å². The Labute approximate surface area is 136 Å². The van der Waals surface area contributed by atoms with Crippen molar-refractivity contribution < 1.29 is 22.4 Å². The van der Waals surface area contributed by atoms with Crippen LogP contribution in [0.25, 0.3) is 0 Å². The van der Waals surface area contributed by atoms with Gasteiger partial charge < -0.3 is 5.32 Å². The SMILES string of the molecule is CCC(CC)C(=O)Nc1cnn(Cc2c(F)cc(F)c(F)c2F)c1. The number of nitrogens with zero attached hydrogens (tertiary/aromatic N) is 2. The summed E-state index contributed by atoms with van der Waals surface area (Å²) in [5.41, 5.74) is -0.287. The van der Waals surface area contributed by atoms with Gasteiger partial charge in [0.1, 0.15) is 5.82 Å². The van der Waals surface area contributed by atoms with Crippen LogP contribution in [0.4, 0.5) is 23.2 Å². The maximum Gasteiger partial charge on any atom is 0.227 e. The van der Waals surface area contributed by atoms with Crippen LogP contribution in [0.15, 0.2) is 18.5 Å². The van der Waals surface area contributed by atoms with Crippen molar-refractivity contribution >= 4 is 11.6 Å².